The zero-order valence-electron chi connectivity index (χ0n) is 13.1. The van der Waals surface area contributed by atoms with Gasteiger partial charge in [0.2, 0.25) is 0 Å². The first-order valence-corrected chi connectivity index (χ1v) is 8.91. The Morgan fingerprint density at radius 1 is 1.25 bits per heavy atom. The lowest BCUT2D eigenvalue weighted by Crippen LogP contribution is -2.33. The maximum atomic E-state index is 7.55. The molecule has 5 nitrogen and oxygen atoms in total. The van der Waals surface area contributed by atoms with Gasteiger partial charge in [0.25, 0.3) is 0 Å². The van der Waals surface area contributed by atoms with E-state index in [4.69, 9.17) is 28.3 Å². The minimum Gasteiger partial charge on any atom is -0.388 e. The first kappa shape index (κ1) is 17.2. The minimum absolute atomic E-state index is 0.160. The molecular weight excluding hydrogens is 437 g/mol. The van der Waals surface area contributed by atoms with Crippen LogP contribution in [0.2, 0.25) is 5.02 Å². The maximum absolute atomic E-state index is 7.55. The Bertz CT molecular complexity index is 834. The molecule has 24 heavy (non-hydrogen) atoms. The second-order valence-electron chi connectivity index (χ2n) is 5.90. The van der Waals surface area contributed by atoms with Crippen molar-refractivity contribution in [2.24, 2.45) is 10.8 Å². The van der Waals surface area contributed by atoms with Gasteiger partial charge in [0.15, 0.2) is 0 Å². The fourth-order valence-electron chi connectivity index (χ4n) is 3.07. The Labute approximate surface area is 159 Å². The van der Waals surface area contributed by atoms with Crippen LogP contribution in [-0.2, 0) is 3.42 Å². The van der Waals surface area contributed by atoms with Crippen LogP contribution in [0.1, 0.15) is 24.5 Å². The number of nitrogens with zero attached hydrogens (tertiary/aromatic N) is 2. The van der Waals surface area contributed by atoms with Gasteiger partial charge in [-0.15, -0.1) is 0 Å². The van der Waals surface area contributed by atoms with Gasteiger partial charge in [-0.1, -0.05) is 34.2 Å². The average molecular weight is 454 g/mol. The van der Waals surface area contributed by atoms with E-state index in [2.05, 4.69) is 39.5 Å². The van der Waals surface area contributed by atoms with Gasteiger partial charge in [0.1, 0.15) is 0 Å². The number of hydrogen-bond acceptors (Lipinski definition) is 4. The molecule has 7 heteroatoms. The predicted octanol–water partition coefficient (Wildman–Crippen LogP) is 5.48. The summed E-state index contributed by atoms with van der Waals surface area (Å²) in [7, 11) is 0. The maximum Gasteiger partial charge on any atom is 0.0923 e. The van der Waals surface area contributed by atoms with Crippen molar-refractivity contribution in [2.45, 2.75) is 16.8 Å². The molecule has 1 atom stereocenters. The molecule has 0 aromatic heterocycles. The molecular formula is C17H17ClIN5. The fraction of sp³-hybridized carbons (Fsp3) is 0.235. The van der Waals surface area contributed by atoms with Crippen LogP contribution < -0.4 is 10.6 Å². The monoisotopic (exact) mass is 453 g/mol. The summed E-state index contributed by atoms with van der Waals surface area (Å²) in [4.78, 5) is 2.16. The third-order valence-corrected chi connectivity index (χ3v) is 5.66. The number of alkyl halides is 1. The highest BCUT2D eigenvalue weighted by atomic mass is 127. The SMILES string of the molecule is CC1(I)c2cc(Cl)ccc2N(CCC(=N)N)c2ccc(N=N)cc21. The van der Waals surface area contributed by atoms with Gasteiger partial charge in [0, 0.05) is 29.4 Å². The number of benzene rings is 2. The summed E-state index contributed by atoms with van der Waals surface area (Å²) in [6, 6.07) is 11.6. The molecule has 2 aromatic carbocycles. The number of hydrogen-bond donors (Lipinski definition) is 3. The molecule has 1 heterocycles. The van der Waals surface area contributed by atoms with Crippen LogP contribution in [0.4, 0.5) is 17.1 Å². The molecule has 3 rings (SSSR count). The van der Waals surface area contributed by atoms with E-state index in [1.54, 1.807) is 0 Å². The average Bonchev–Trinajstić information content (AvgIpc) is 2.55. The van der Waals surface area contributed by atoms with E-state index in [1.807, 2.05) is 36.4 Å². The van der Waals surface area contributed by atoms with Crippen molar-refractivity contribution in [3.8, 4) is 0 Å². The van der Waals surface area contributed by atoms with Crippen LogP contribution in [0.5, 0.6) is 0 Å². The summed E-state index contributed by atoms with van der Waals surface area (Å²) in [5, 5.41) is 11.8. The van der Waals surface area contributed by atoms with Gasteiger partial charge in [-0.3, -0.25) is 5.41 Å². The van der Waals surface area contributed by atoms with E-state index in [-0.39, 0.29) is 9.26 Å². The number of fused-ring (bicyclic) bond motifs is 2. The van der Waals surface area contributed by atoms with Crippen LogP contribution in [0, 0.1) is 10.9 Å². The predicted molar refractivity (Wildman–Crippen MR) is 107 cm³/mol. The minimum atomic E-state index is -0.291. The Balaban J connectivity index is 2.22. The second-order valence-corrected chi connectivity index (χ2v) is 8.50. The van der Waals surface area contributed by atoms with Gasteiger partial charge < -0.3 is 10.6 Å². The molecule has 4 N–H and O–H groups in total. The fourth-order valence-corrected chi connectivity index (χ4v) is 4.11. The molecule has 0 bridgehead atoms. The van der Waals surface area contributed by atoms with Crippen LogP contribution >= 0.6 is 34.2 Å². The Morgan fingerprint density at radius 3 is 2.50 bits per heavy atom. The first-order valence-electron chi connectivity index (χ1n) is 7.46. The van der Waals surface area contributed by atoms with E-state index in [0.717, 1.165) is 22.5 Å². The zero-order chi connectivity index (χ0) is 17.5. The van der Waals surface area contributed by atoms with E-state index < -0.39 is 0 Å². The third kappa shape index (κ3) is 2.88. The van der Waals surface area contributed by atoms with Crippen molar-refractivity contribution >= 4 is 57.1 Å². The number of amidine groups is 1. The summed E-state index contributed by atoms with van der Waals surface area (Å²) >= 11 is 8.66. The first-order chi connectivity index (χ1) is 11.3. The number of nitrogens with two attached hydrogens (primary N) is 1. The zero-order valence-corrected chi connectivity index (χ0v) is 16.0. The lowest BCUT2D eigenvalue weighted by molar-refractivity contribution is 0.818. The highest BCUT2D eigenvalue weighted by Gasteiger charge is 2.38. The van der Waals surface area contributed by atoms with Crippen LogP contribution in [0.25, 0.3) is 0 Å². The van der Waals surface area contributed by atoms with E-state index in [9.17, 15) is 0 Å². The van der Waals surface area contributed by atoms with Crippen LogP contribution in [0.3, 0.4) is 0 Å². The molecule has 0 spiro atoms. The van der Waals surface area contributed by atoms with Crippen molar-refractivity contribution < 1.29 is 0 Å². The van der Waals surface area contributed by atoms with E-state index in [1.165, 1.54) is 0 Å². The normalized spacial score (nSPS) is 18.7. The Kier molecular flexibility index (Phi) is 4.52. The molecule has 0 amide bonds. The smallest absolute Gasteiger partial charge is 0.0923 e. The van der Waals surface area contributed by atoms with Crippen molar-refractivity contribution in [2.75, 3.05) is 11.4 Å². The number of nitrogens with one attached hydrogen (secondary N) is 2. The quantitative estimate of drug-likeness (QED) is 0.188. The number of halogens is 2. The largest absolute Gasteiger partial charge is 0.388 e. The van der Waals surface area contributed by atoms with Crippen molar-refractivity contribution in [3.63, 3.8) is 0 Å². The van der Waals surface area contributed by atoms with Crippen molar-refractivity contribution in [1.29, 1.82) is 10.9 Å². The summed E-state index contributed by atoms with van der Waals surface area (Å²) in [6.07, 6.45) is 0.476. The second kappa shape index (κ2) is 6.33. The lowest BCUT2D eigenvalue weighted by atomic mass is 9.85. The molecule has 0 saturated carbocycles. The van der Waals surface area contributed by atoms with Gasteiger partial charge in [-0.25, -0.2) is 5.53 Å². The summed E-state index contributed by atoms with van der Waals surface area (Å²) in [5.74, 6) is 0.160. The van der Waals surface area contributed by atoms with E-state index >= 15 is 0 Å². The lowest BCUT2D eigenvalue weighted by Gasteiger charge is -2.41. The molecule has 0 saturated heterocycles. The van der Waals surface area contributed by atoms with Crippen LogP contribution in [-0.4, -0.2) is 12.4 Å². The highest BCUT2D eigenvalue weighted by Crippen LogP contribution is 2.53. The summed E-state index contributed by atoms with van der Waals surface area (Å²) < 4.78 is -0.291. The molecule has 1 aliphatic heterocycles. The Hall–Kier alpha value is -1.67. The Morgan fingerprint density at radius 2 is 1.88 bits per heavy atom. The standard InChI is InChI=1S/C17H17ClIN5/c1-17(19)12-8-10(18)2-4-14(12)24(7-6-16(20)21)15-5-3-11(23-22)9-13(15)17/h2-5,8-9,22H,6-7H2,1H3,(H3,20,21). The molecule has 0 radical (unpaired) electrons. The van der Waals surface area contributed by atoms with Gasteiger partial charge >= 0.3 is 0 Å². The highest BCUT2D eigenvalue weighted by molar-refractivity contribution is 14.1. The molecule has 2 aromatic rings. The van der Waals surface area contributed by atoms with Gasteiger partial charge in [0.05, 0.1) is 14.9 Å². The van der Waals surface area contributed by atoms with Gasteiger partial charge in [-0.2, -0.15) is 5.11 Å². The molecule has 0 fully saturated rings. The summed E-state index contributed by atoms with van der Waals surface area (Å²) in [5.41, 5.74) is 17.8. The summed E-state index contributed by atoms with van der Waals surface area (Å²) in [6.45, 7) is 2.75. The third-order valence-electron chi connectivity index (χ3n) is 4.27. The van der Waals surface area contributed by atoms with Crippen molar-refractivity contribution in [3.05, 3.63) is 52.5 Å². The van der Waals surface area contributed by atoms with E-state index in [0.29, 0.717) is 23.7 Å². The topological polar surface area (TPSA) is 89.3 Å². The molecule has 1 aliphatic rings. The number of rotatable bonds is 4. The number of anilines is 2. The molecule has 1 unspecified atom stereocenters. The molecule has 124 valence electrons. The van der Waals surface area contributed by atoms with Crippen LogP contribution in [0.15, 0.2) is 41.5 Å². The van der Waals surface area contributed by atoms with Gasteiger partial charge in [-0.05, 0) is 54.4 Å². The van der Waals surface area contributed by atoms with Crippen molar-refractivity contribution in [1.82, 2.24) is 0 Å². The molecule has 0 aliphatic carbocycles.